The quantitative estimate of drug-likeness (QED) is 0.521. The van der Waals surface area contributed by atoms with Crippen LogP contribution in [0.1, 0.15) is 19.3 Å². The average Bonchev–Trinajstić information content (AvgIpc) is 2.83. The second-order valence-corrected chi connectivity index (χ2v) is 10.4. The van der Waals surface area contributed by atoms with Crippen molar-refractivity contribution < 1.29 is 17.9 Å². The number of anilines is 1. The topological polar surface area (TPSA) is 88.6 Å². The number of fused-ring (bicyclic) bond motifs is 1. The monoisotopic (exact) mass is 471 g/mol. The maximum Gasteiger partial charge on any atom is 0.246 e. The molecule has 1 aliphatic heterocycles. The van der Waals surface area contributed by atoms with Gasteiger partial charge in [0, 0.05) is 35.3 Å². The first-order valence-corrected chi connectivity index (χ1v) is 12.9. The summed E-state index contributed by atoms with van der Waals surface area (Å²) in [5.41, 5.74) is 1.30. The first-order valence-electron chi connectivity index (χ1n) is 10.4. The van der Waals surface area contributed by atoms with Gasteiger partial charge in [-0.25, -0.2) is 8.42 Å². The summed E-state index contributed by atoms with van der Waals surface area (Å²) in [5.74, 6) is 0.238. The molecule has 7 nitrogen and oxygen atoms in total. The van der Waals surface area contributed by atoms with Crippen LogP contribution in [0.5, 0.6) is 5.75 Å². The normalized spacial score (nSPS) is 14.9. The van der Waals surface area contributed by atoms with Crippen LogP contribution in [0.4, 0.5) is 5.69 Å². The van der Waals surface area contributed by atoms with E-state index in [0.29, 0.717) is 18.8 Å². The molecule has 1 aromatic heterocycles. The zero-order valence-corrected chi connectivity index (χ0v) is 19.4. The summed E-state index contributed by atoms with van der Waals surface area (Å²) in [7, 11) is -2.25. The molecule has 2 aromatic carbocycles. The van der Waals surface area contributed by atoms with Gasteiger partial charge < -0.3 is 10.1 Å². The third-order valence-electron chi connectivity index (χ3n) is 5.35. The molecular formula is C23H25N3O4S2. The fourth-order valence-corrected chi connectivity index (χ4v) is 6.28. The molecule has 0 atom stereocenters. The second kappa shape index (κ2) is 9.89. The van der Waals surface area contributed by atoms with Gasteiger partial charge in [0.1, 0.15) is 10.6 Å². The molecule has 1 fully saturated rings. The Balaban J connectivity index is 1.49. The number of nitrogens with one attached hydrogen (secondary N) is 1. The zero-order chi connectivity index (χ0) is 22.6. The predicted molar refractivity (Wildman–Crippen MR) is 127 cm³/mol. The maximum atomic E-state index is 13.2. The molecule has 2 heterocycles. The number of methoxy groups -OCH3 is 1. The number of carbonyl (C=O) groups excluding carboxylic acids is 1. The number of hydrogen-bond donors (Lipinski definition) is 1. The highest BCUT2D eigenvalue weighted by Crippen LogP contribution is 2.31. The van der Waals surface area contributed by atoms with Gasteiger partial charge in [0.15, 0.2) is 0 Å². The van der Waals surface area contributed by atoms with Gasteiger partial charge in [-0.2, -0.15) is 4.31 Å². The first kappa shape index (κ1) is 22.6. The number of ether oxygens (including phenoxy) is 1. The van der Waals surface area contributed by atoms with Crippen LogP contribution in [-0.4, -0.2) is 49.6 Å². The molecular weight excluding hydrogens is 446 g/mol. The number of aromatic nitrogens is 1. The Hall–Kier alpha value is -2.62. The Morgan fingerprint density at radius 3 is 2.69 bits per heavy atom. The van der Waals surface area contributed by atoms with E-state index in [4.69, 9.17) is 4.74 Å². The Morgan fingerprint density at radius 2 is 1.91 bits per heavy atom. The van der Waals surface area contributed by atoms with Crippen LogP contribution in [-0.2, 0) is 14.8 Å². The highest BCUT2D eigenvalue weighted by molar-refractivity contribution is 8.00. The van der Waals surface area contributed by atoms with Crippen molar-refractivity contribution >= 4 is 44.3 Å². The van der Waals surface area contributed by atoms with Gasteiger partial charge in [0.25, 0.3) is 0 Å². The smallest absolute Gasteiger partial charge is 0.246 e. The molecule has 0 bridgehead atoms. The minimum Gasteiger partial charge on any atom is -0.495 e. The number of para-hydroxylation sites is 1. The molecule has 32 heavy (non-hydrogen) atoms. The van der Waals surface area contributed by atoms with Crippen LogP contribution >= 0.6 is 11.8 Å². The van der Waals surface area contributed by atoms with Gasteiger partial charge >= 0.3 is 0 Å². The summed E-state index contributed by atoms with van der Waals surface area (Å²) in [4.78, 5) is 18.0. The van der Waals surface area contributed by atoms with Crippen molar-refractivity contribution in [3.05, 3.63) is 54.7 Å². The van der Waals surface area contributed by atoms with Crippen molar-refractivity contribution in [3.63, 3.8) is 0 Å². The fraction of sp³-hybridized carbons (Fsp3) is 0.304. The van der Waals surface area contributed by atoms with Crippen LogP contribution in [0.15, 0.2) is 64.5 Å². The molecule has 1 saturated heterocycles. The number of carbonyl (C=O) groups is 1. The van der Waals surface area contributed by atoms with Gasteiger partial charge in [-0.05, 0) is 43.2 Å². The SMILES string of the molecule is COc1ccc(NC(=O)CSc2ccnc3ccccc23)cc1S(=O)(=O)N1CCCCC1. The van der Waals surface area contributed by atoms with Crippen LogP contribution in [0.2, 0.25) is 0 Å². The van der Waals surface area contributed by atoms with Gasteiger partial charge in [-0.3, -0.25) is 9.78 Å². The van der Waals surface area contributed by atoms with E-state index < -0.39 is 10.0 Å². The molecule has 1 N–H and O–H groups in total. The standard InChI is InChI=1S/C23H25N3O4S2/c1-30-20-10-9-17(15-22(20)32(28,29)26-13-5-2-6-14-26)25-23(27)16-31-21-11-12-24-19-8-4-3-7-18(19)21/h3-4,7-12,15H,2,5-6,13-14,16H2,1H3,(H,25,27). The van der Waals surface area contributed by atoms with Crippen molar-refractivity contribution in [2.75, 3.05) is 31.3 Å². The van der Waals surface area contributed by atoms with Crippen LogP contribution < -0.4 is 10.1 Å². The van der Waals surface area contributed by atoms with E-state index >= 15 is 0 Å². The molecule has 4 rings (SSSR count). The van der Waals surface area contributed by atoms with E-state index in [0.717, 1.165) is 35.1 Å². The predicted octanol–water partition coefficient (Wildman–Crippen LogP) is 4.15. The lowest BCUT2D eigenvalue weighted by molar-refractivity contribution is -0.113. The second-order valence-electron chi connectivity index (χ2n) is 7.49. The molecule has 3 aromatic rings. The summed E-state index contributed by atoms with van der Waals surface area (Å²) < 4.78 is 33.1. The largest absolute Gasteiger partial charge is 0.495 e. The molecule has 0 unspecified atom stereocenters. The van der Waals surface area contributed by atoms with E-state index in [1.807, 2.05) is 30.3 Å². The molecule has 1 amide bonds. The van der Waals surface area contributed by atoms with E-state index in [1.165, 1.54) is 29.2 Å². The molecule has 0 spiro atoms. The maximum absolute atomic E-state index is 13.2. The van der Waals surface area contributed by atoms with Crippen molar-refractivity contribution in [2.45, 2.75) is 29.1 Å². The van der Waals surface area contributed by atoms with Gasteiger partial charge in [0.05, 0.1) is 18.4 Å². The Bertz CT molecular complexity index is 1220. The minimum absolute atomic E-state index is 0.0764. The summed E-state index contributed by atoms with van der Waals surface area (Å²) in [6.07, 6.45) is 4.45. The zero-order valence-electron chi connectivity index (χ0n) is 17.8. The molecule has 1 aliphatic rings. The number of piperidine rings is 1. The van der Waals surface area contributed by atoms with Crippen LogP contribution in [0.25, 0.3) is 10.9 Å². The van der Waals surface area contributed by atoms with Crippen molar-refractivity contribution in [1.29, 1.82) is 0 Å². The van der Waals surface area contributed by atoms with E-state index in [2.05, 4.69) is 10.3 Å². The number of rotatable bonds is 7. The van der Waals surface area contributed by atoms with E-state index in [-0.39, 0.29) is 22.3 Å². The number of benzene rings is 2. The van der Waals surface area contributed by atoms with E-state index in [9.17, 15) is 13.2 Å². The van der Waals surface area contributed by atoms with Crippen molar-refractivity contribution in [3.8, 4) is 5.75 Å². The number of pyridine rings is 1. The van der Waals surface area contributed by atoms with Gasteiger partial charge in [-0.1, -0.05) is 24.6 Å². The summed E-state index contributed by atoms with van der Waals surface area (Å²) in [6, 6.07) is 14.4. The Labute approximate surface area is 192 Å². The van der Waals surface area contributed by atoms with Crippen LogP contribution in [0.3, 0.4) is 0 Å². The Morgan fingerprint density at radius 1 is 1.12 bits per heavy atom. The highest BCUT2D eigenvalue weighted by atomic mass is 32.2. The third kappa shape index (κ3) is 4.90. The number of nitrogens with zero attached hydrogens (tertiary/aromatic N) is 2. The first-order chi connectivity index (χ1) is 15.5. The lowest BCUT2D eigenvalue weighted by Gasteiger charge is -2.26. The number of hydrogen-bond acceptors (Lipinski definition) is 6. The van der Waals surface area contributed by atoms with Gasteiger partial charge in [-0.15, -0.1) is 11.8 Å². The summed E-state index contributed by atoms with van der Waals surface area (Å²) >= 11 is 1.41. The number of thioether (sulfide) groups is 1. The summed E-state index contributed by atoms with van der Waals surface area (Å²) in [6.45, 7) is 0.997. The number of sulfonamides is 1. The average molecular weight is 472 g/mol. The molecule has 0 aliphatic carbocycles. The Kier molecular flexibility index (Phi) is 6.98. The number of amides is 1. The van der Waals surface area contributed by atoms with E-state index in [1.54, 1.807) is 18.3 Å². The van der Waals surface area contributed by atoms with Gasteiger partial charge in [0.2, 0.25) is 15.9 Å². The fourth-order valence-electron chi connectivity index (χ4n) is 3.74. The lowest BCUT2D eigenvalue weighted by atomic mass is 10.2. The summed E-state index contributed by atoms with van der Waals surface area (Å²) in [5, 5.41) is 3.81. The van der Waals surface area contributed by atoms with Crippen molar-refractivity contribution in [2.24, 2.45) is 0 Å². The third-order valence-corrected chi connectivity index (χ3v) is 8.34. The molecule has 9 heteroatoms. The molecule has 0 radical (unpaired) electrons. The lowest BCUT2D eigenvalue weighted by Crippen LogP contribution is -2.35. The van der Waals surface area contributed by atoms with Crippen LogP contribution in [0, 0.1) is 0 Å². The molecule has 168 valence electrons. The highest BCUT2D eigenvalue weighted by Gasteiger charge is 2.29. The molecule has 0 saturated carbocycles. The van der Waals surface area contributed by atoms with Crippen molar-refractivity contribution in [1.82, 2.24) is 9.29 Å². The minimum atomic E-state index is -3.70.